The van der Waals surface area contributed by atoms with Crippen LogP contribution in [-0.2, 0) is 14.3 Å². The monoisotopic (exact) mass is 249 g/mol. The highest BCUT2D eigenvalue weighted by atomic mass is 16.6. The zero-order valence-corrected chi connectivity index (χ0v) is 10.1. The molecule has 1 rings (SSSR count). The number of methoxy groups -OCH3 is 1. The summed E-state index contributed by atoms with van der Waals surface area (Å²) < 4.78 is 9.32. The number of amides is 1. The molecule has 1 atom stereocenters. The number of carbonyl (C=O) groups is 2. The number of hydrogen-bond acceptors (Lipinski definition) is 4. The minimum absolute atomic E-state index is 0.140. The lowest BCUT2D eigenvalue weighted by Crippen LogP contribution is -2.43. The first-order chi connectivity index (χ1) is 8.69. The first kappa shape index (κ1) is 13.8. The molecular formula is C13H15NO4. The highest BCUT2D eigenvalue weighted by Gasteiger charge is 2.26. The van der Waals surface area contributed by atoms with E-state index in [1.54, 1.807) is 6.08 Å². The molecule has 0 aromatic heterocycles. The van der Waals surface area contributed by atoms with E-state index in [-0.39, 0.29) is 6.61 Å². The van der Waals surface area contributed by atoms with Crippen molar-refractivity contribution >= 4 is 12.1 Å². The molecule has 1 amide bonds. The number of alkyl carbamates (subject to hydrolysis) is 1. The minimum atomic E-state index is -0.828. The van der Waals surface area contributed by atoms with E-state index in [2.05, 4.69) is 20.7 Å². The van der Waals surface area contributed by atoms with Gasteiger partial charge in [0.2, 0.25) is 0 Å². The van der Waals surface area contributed by atoms with E-state index in [4.69, 9.17) is 6.42 Å². The molecule has 1 aliphatic rings. The Labute approximate surface area is 106 Å². The number of nitrogens with one attached hydrogen (secondary N) is 1. The average molecular weight is 249 g/mol. The summed E-state index contributed by atoms with van der Waals surface area (Å²) in [5.41, 5.74) is 0.780. The summed E-state index contributed by atoms with van der Waals surface area (Å²) in [5.74, 6) is 1.64. The fraction of sp³-hybridized carbons (Fsp3) is 0.385. The molecule has 18 heavy (non-hydrogen) atoms. The Bertz CT molecular complexity index is 417. The van der Waals surface area contributed by atoms with Crippen LogP contribution in [0.3, 0.4) is 0 Å². The van der Waals surface area contributed by atoms with Gasteiger partial charge in [0.15, 0.2) is 12.6 Å². The molecule has 0 saturated carbocycles. The Balaban J connectivity index is 2.70. The topological polar surface area (TPSA) is 64.6 Å². The van der Waals surface area contributed by atoms with E-state index in [0.29, 0.717) is 6.42 Å². The third-order valence-corrected chi connectivity index (χ3v) is 2.40. The summed E-state index contributed by atoms with van der Waals surface area (Å²) in [6.45, 7) is -0.140. The van der Waals surface area contributed by atoms with Crippen molar-refractivity contribution in [2.45, 2.75) is 18.9 Å². The molecular weight excluding hydrogens is 234 g/mol. The molecule has 0 aliphatic heterocycles. The van der Waals surface area contributed by atoms with Gasteiger partial charge < -0.3 is 14.8 Å². The Morgan fingerprint density at radius 3 is 2.94 bits per heavy atom. The zero-order chi connectivity index (χ0) is 13.4. The smallest absolute Gasteiger partial charge is 0.409 e. The number of carbonyl (C=O) groups excluding carboxylic acids is 2. The predicted molar refractivity (Wildman–Crippen MR) is 65.6 cm³/mol. The van der Waals surface area contributed by atoms with Crippen molar-refractivity contribution in [2.75, 3.05) is 13.7 Å². The van der Waals surface area contributed by atoms with E-state index in [1.807, 2.05) is 12.2 Å². The van der Waals surface area contributed by atoms with Gasteiger partial charge in [0.1, 0.15) is 0 Å². The summed E-state index contributed by atoms with van der Waals surface area (Å²) in [4.78, 5) is 23.0. The van der Waals surface area contributed by atoms with Gasteiger partial charge in [-0.25, -0.2) is 9.59 Å². The molecule has 1 N–H and O–H groups in total. The Kier molecular flexibility index (Phi) is 5.52. The lowest BCUT2D eigenvalue weighted by molar-refractivity contribution is -0.142. The Morgan fingerprint density at radius 2 is 2.39 bits per heavy atom. The third-order valence-electron chi connectivity index (χ3n) is 2.40. The van der Waals surface area contributed by atoms with E-state index in [1.165, 1.54) is 7.11 Å². The van der Waals surface area contributed by atoms with Crippen LogP contribution < -0.4 is 5.32 Å². The van der Waals surface area contributed by atoms with Gasteiger partial charge in [-0.3, -0.25) is 0 Å². The number of esters is 1. The number of allylic oxidation sites excluding steroid dienone is 3. The lowest BCUT2D eigenvalue weighted by atomic mass is 9.98. The van der Waals surface area contributed by atoms with Crippen LogP contribution in [0.5, 0.6) is 0 Å². The molecule has 5 heteroatoms. The predicted octanol–water partition coefficient (Wildman–Crippen LogP) is 1.16. The van der Waals surface area contributed by atoms with Crippen LogP contribution >= 0.6 is 0 Å². The van der Waals surface area contributed by atoms with E-state index < -0.39 is 18.1 Å². The Hall–Kier alpha value is -2.22. The first-order valence-electron chi connectivity index (χ1n) is 5.49. The molecule has 0 saturated heterocycles. The van der Waals surface area contributed by atoms with Gasteiger partial charge in [0, 0.05) is 0 Å². The maximum atomic E-state index is 11.6. The Morgan fingerprint density at radius 1 is 1.61 bits per heavy atom. The van der Waals surface area contributed by atoms with Crippen molar-refractivity contribution < 1.29 is 19.1 Å². The van der Waals surface area contributed by atoms with Crippen molar-refractivity contribution in [1.29, 1.82) is 0 Å². The van der Waals surface area contributed by atoms with E-state index >= 15 is 0 Å². The second-order valence-electron chi connectivity index (χ2n) is 3.59. The maximum absolute atomic E-state index is 11.6. The fourth-order valence-corrected chi connectivity index (χ4v) is 1.55. The molecule has 0 heterocycles. The highest BCUT2D eigenvalue weighted by molar-refractivity contribution is 5.84. The molecule has 96 valence electrons. The molecule has 0 aromatic carbocycles. The first-order valence-corrected chi connectivity index (χ1v) is 5.49. The number of ether oxygens (including phenoxy) is 2. The maximum Gasteiger partial charge on any atom is 0.409 e. The lowest BCUT2D eigenvalue weighted by Gasteiger charge is -2.20. The molecule has 0 aromatic rings. The highest BCUT2D eigenvalue weighted by Crippen LogP contribution is 2.16. The summed E-state index contributed by atoms with van der Waals surface area (Å²) in [6, 6.07) is -0.828. The molecule has 1 aliphatic carbocycles. The quantitative estimate of drug-likeness (QED) is 0.600. The normalized spacial score (nSPS) is 15.0. The number of hydrogen-bond donors (Lipinski definition) is 1. The van der Waals surface area contributed by atoms with Crippen molar-refractivity contribution in [2.24, 2.45) is 0 Å². The zero-order valence-electron chi connectivity index (χ0n) is 10.1. The second kappa shape index (κ2) is 7.17. The van der Waals surface area contributed by atoms with Crippen molar-refractivity contribution in [3.63, 3.8) is 0 Å². The van der Waals surface area contributed by atoms with Gasteiger partial charge in [0.25, 0.3) is 0 Å². The van der Waals surface area contributed by atoms with Crippen molar-refractivity contribution in [3.05, 3.63) is 23.8 Å². The van der Waals surface area contributed by atoms with Crippen LogP contribution in [0.15, 0.2) is 23.8 Å². The van der Waals surface area contributed by atoms with Gasteiger partial charge in [-0.1, -0.05) is 24.1 Å². The largest absolute Gasteiger partial charge is 0.467 e. The standard InChI is InChI=1S/C13H15NO4/c1-3-9-18-13(16)14-11(12(15)17-2)10-7-5-4-6-8-10/h1,4-5,7,11H,6,8-9H2,2H3,(H,14,16)/t11-/m1/s1. The summed E-state index contributed by atoms with van der Waals surface area (Å²) in [7, 11) is 1.27. The van der Waals surface area contributed by atoms with Crippen LogP contribution in [0.4, 0.5) is 4.79 Å². The summed E-state index contributed by atoms with van der Waals surface area (Å²) in [5, 5.41) is 2.44. The summed E-state index contributed by atoms with van der Waals surface area (Å²) in [6.07, 6.45) is 11.3. The van der Waals surface area contributed by atoms with Crippen molar-refractivity contribution in [1.82, 2.24) is 5.32 Å². The number of rotatable bonds is 4. The SMILES string of the molecule is C#CCOC(=O)N[C@@H](C(=O)OC)C1=CC=CCC1. The van der Waals surface area contributed by atoms with Crippen LogP contribution in [0.25, 0.3) is 0 Å². The average Bonchev–Trinajstić information content (AvgIpc) is 2.42. The minimum Gasteiger partial charge on any atom is -0.467 e. The molecule has 5 nitrogen and oxygen atoms in total. The van der Waals surface area contributed by atoms with Gasteiger partial charge in [-0.2, -0.15) is 0 Å². The molecule has 0 unspecified atom stereocenters. The molecule has 0 radical (unpaired) electrons. The van der Waals surface area contributed by atoms with E-state index in [9.17, 15) is 9.59 Å². The van der Waals surface area contributed by atoms with Crippen LogP contribution in [-0.4, -0.2) is 31.8 Å². The van der Waals surface area contributed by atoms with Crippen LogP contribution in [0, 0.1) is 12.3 Å². The van der Waals surface area contributed by atoms with Gasteiger partial charge in [0.05, 0.1) is 7.11 Å². The molecule has 0 bridgehead atoms. The second-order valence-corrected chi connectivity index (χ2v) is 3.59. The van der Waals surface area contributed by atoms with Gasteiger partial charge in [-0.05, 0) is 18.4 Å². The third kappa shape index (κ3) is 3.98. The van der Waals surface area contributed by atoms with E-state index in [0.717, 1.165) is 12.0 Å². The van der Waals surface area contributed by atoms with Crippen LogP contribution in [0.1, 0.15) is 12.8 Å². The summed E-state index contributed by atoms with van der Waals surface area (Å²) >= 11 is 0. The van der Waals surface area contributed by atoms with Crippen molar-refractivity contribution in [3.8, 4) is 12.3 Å². The molecule has 0 spiro atoms. The van der Waals surface area contributed by atoms with Crippen LogP contribution in [0.2, 0.25) is 0 Å². The number of terminal acetylenes is 1. The molecule has 0 fully saturated rings. The van der Waals surface area contributed by atoms with Gasteiger partial charge in [-0.15, -0.1) is 6.42 Å². The van der Waals surface area contributed by atoms with Gasteiger partial charge >= 0.3 is 12.1 Å². The fourth-order valence-electron chi connectivity index (χ4n) is 1.55.